The molecule has 1 aliphatic carbocycles. The molecule has 0 amide bonds. The van der Waals surface area contributed by atoms with Crippen molar-refractivity contribution in [3.05, 3.63) is 35.9 Å². The lowest BCUT2D eigenvalue weighted by Gasteiger charge is -2.41. The monoisotopic (exact) mass is 332 g/mol. The summed E-state index contributed by atoms with van der Waals surface area (Å²) in [6.45, 7) is 7.80. The Morgan fingerprint density at radius 2 is 1.71 bits per heavy atom. The number of nitrogens with zero attached hydrogens (tertiary/aromatic N) is 2. The van der Waals surface area contributed by atoms with Crippen LogP contribution in [-0.4, -0.2) is 59.6 Å². The first-order valence-corrected chi connectivity index (χ1v) is 9.29. The van der Waals surface area contributed by atoms with Crippen LogP contribution >= 0.6 is 0 Å². The van der Waals surface area contributed by atoms with Crippen molar-refractivity contribution < 1.29 is 9.90 Å². The van der Waals surface area contributed by atoms with Crippen LogP contribution in [0.3, 0.4) is 0 Å². The Labute approximate surface area is 146 Å². The van der Waals surface area contributed by atoms with Gasteiger partial charge in [-0.15, -0.1) is 0 Å². The molecule has 1 saturated carbocycles. The molecule has 2 rings (SSSR count). The molecule has 0 aliphatic heterocycles. The Morgan fingerprint density at radius 1 is 1.12 bits per heavy atom. The third kappa shape index (κ3) is 4.05. The molecule has 1 aliphatic rings. The molecule has 1 aromatic carbocycles. The highest BCUT2D eigenvalue weighted by Crippen LogP contribution is 2.37. The van der Waals surface area contributed by atoms with Gasteiger partial charge in [0.15, 0.2) is 5.72 Å². The lowest BCUT2D eigenvalue weighted by atomic mass is 9.85. The molecule has 1 aromatic rings. The molecule has 0 saturated heterocycles. The Hall–Kier alpha value is -1.23. The quantitative estimate of drug-likeness (QED) is 0.558. The van der Waals surface area contributed by atoms with E-state index < -0.39 is 5.72 Å². The number of hydrogen-bond acceptors (Lipinski definition) is 4. The number of likely N-dealkylation sites (N-methyl/N-ethyl adjacent to an activating group) is 2. The van der Waals surface area contributed by atoms with Crippen LogP contribution in [-0.2, 0) is 0 Å². The average molecular weight is 332 g/mol. The number of benzene rings is 1. The van der Waals surface area contributed by atoms with E-state index in [9.17, 15) is 9.90 Å². The number of carbonyl (C=O) groups is 1. The Kier molecular flexibility index (Phi) is 6.96. The highest BCUT2D eigenvalue weighted by atomic mass is 16.3. The largest absolute Gasteiger partial charge is 0.368 e. The second-order valence-corrected chi connectivity index (χ2v) is 6.85. The van der Waals surface area contributed by atoms with Crippen molar-refractivity contribution in [2.75, 3.05) is 33.2 Å². The van der Waals surface area contributed by atoms with Crippen LogP contribution in [0.4, 0.5) is 0 Å². The first-order chi connectivity index (χ1) is 11.5. The van der Waals surface area contributed by atoms with Gasteiger partial charge in [-0.3, -0.25) is 9.69 Å². The van der Waals surface area contributed by atoms with Crippen LogP contribution in [0.15, 0.2) is 30.3 Å². The van der Waals surface area contributed by atoms with E-state index in [1.807, 2.05) is 30.1 Å². The smallest absolute Gasteiger partial charge is 0.209 e. The first-order valence-electron chi connectivity index (χ1n) is 9.29. The van der Waals surface area contributed by atoms with Gasteiger partial charge in [0.2, 0.25) is 5.78 Å². The molecule has 0 bridgehead atoms. The molecule has 0 heterocycles. The van der Waals surface area contributed by atoms with Gasteiger partial charge in [-0.2, -0.15) is 0 Å². The third-order valence-corrected chi connectivity index (χ3v) is 5.52. The standard InChI is InChI=1S/C20H32N2O2/c1-4-22(5-2)16-15-21(3)20(24,18-13-9-10-14-18)19(23)17-11-7-6-8-12-17/h6-8,11-12,18,24H,4-5,9-10,13-16H2,1-3H3. The summed E-state index contributed by atoms with van der Waals surface area (Å²) in [6, 6.07) is 9.23. The maximum atomic E-state index is 13.2. The van der Waals surface area contributed by atoms with Crippen LogP contribution < -0.4 is 0 Å². The molecule has 0 spiro atoms. The predicted molar refractivity (Wildman–Crippen MR) is 98.1 cm³/mol. The van der Waals surface area contributed by atoms with Gasteiger partial charge in [-0.05, 0) is 33.0 Å². The lowest BCUT2D eigenvalue weighted by Crippen LogP contribution is -2.59. The highest BCUT2D eigenvalue weighted by molar-refractivity contribution is 6.02. The van der Waals surface area contributed by atoms with E-state index in [1.54, 1.807) is 12.1 Å². The van der Waals surface area contributed by atoms with Crippen molar-refractivity contribution in [2.45, 2.75) is 45.3 Å². The van der Waals surface area contributed by atoms with Crippen LogP contribution in [0.5, 0.6) is 0 Å². The molecule has 1 unspecified atom stereocenters. The summed E-state index contributed by atoms with van der Waals surface area (Å²) < 4.78 is 0. The maximum Gasteiger partial charge on any atom is 0.209 e. The van der Waals surface area contributed by atoms with E-state index in [4.69, 9.17) is 0 Å². The van der Waals surface area contributed by atoms with Crippen molar-refractivity contribution in [3.8, 4) is 0 Å². The Balaban J connectivity index is 2.21. The summed E-state index contributed by atoms with van der Waals surface area (Å²) in [6.07, 6.45) is 4.03. The van der Waals surface area contributed by atoms with Gasteiger partial charge in [-0.1, -0.05) is 57.0 Å². The van der Waals surface area contributed by atoms with Crippen LogP contribution in [0.25, 0.3) is 0 Å². The van der Waals surface area contributed by atoms with Gasteiger partial charge >= 0.3 is 0 Å². The fourth-order valence-corrected chi connectivity index (χ4v) is 3.80. The Morgan fingerprint density at radius 3 is 2.25 bits per heavy atom. The summed E-state index contributed by atoms with van der Waals surface area (Å²) in [5, 5.41) is 11.5. The Bertz CT molecular complexity index is 510. The van der Waals surface area contributed by atoms with Crippen molar-refractivity contribution >= 4 is 5.78 Å². The SMILES string of the molecule is CCN(CC)CCN(C)C(O)(C(=O)c1ccccc1)C1CCCC1. The summed E-state index contributed by atoms with van der Waals surface area (Å²) >= 11 is 0. The second-order valence-electron chi connectivity index (χ2n) is 6.85. The summed E-state index contributed by atoms with van der Waals surface area (Å²) in [4.78, 5) is 17.4. The number of rotatable bonds is 9. The van der Waals surface area contributed by atoms with Gasteiger partial charge in [0.25, 0.3) is 0 Å². The minimum Gasteiger partial charge on any atom is -0.368 e. The van der Waals surface area contributed by atoms with Crippen molar-refractivity contribution in [2.24, 2.45) is 5.92 Å². The molecule has 1 N–H and O–H groups in total. The van der Waals surface area contributed by atoms with Gasteiger partial charge in [0, 0.05) is 24.6 Å². The topological polar surface area (TPSA) is 43.8 Å². The van der Waals surface area contributed by atoms with Gasteiger partial charge in [0.1, 0.15) is 0 Å². The number of hydrogen-bond donors (Lipinski definition) is 1. The molecule has 24 heavy (non-hydrogen) atoms. The van der Waals surface area contributed by atoms with E-state index in [1.165, 1.54) is 0 Å². The first kappa shape index (κ1) is 19.1. The molecular formula is C20H32N2O2. The molecule has 4 nitrogen and oxygen atoms in total. The van der Waals surface area contributed by atoms with E-state index in [2.05, 4.69) is 18.7 Å². The molecular weight excluding hydrogens is 300 g/mol. The number of aliphatic hydroxyl groups is 1. The molecule has 0 radical (unpaired) electrons. The highest BCUT2D eigenvalue weighted by Gasteiger charge is 2.48. The average Bonchev–Trinajstić information content (AvgIpc) is 3.17. The zero-order valence-corrected chi connectivity index (χ0v) is 15.4. The molecule has 134 valence electrons. The number of carbonyl (C=O) groups excluding carboxylic acids is 1. The normalized spacial score (nSPS) is 18.2. The van der Waals surface area contributed by atoms with Gasteiger partial charge in [-0.25, -0.2) is 0 Å². The van der Waals surface area contributed by atoms with E-state index >= 15 is 0 Å². The molecule has 0 aromatic heterocycles. The number of ketones is 1. The fraction of sp³-hybridized carbons (Fsp3) is 0.650. The fourth-order valence-electron chi connectivity index (χ4n) is 3.80. The minimum absolute atomic E-state index is 0.0203. The summed E-state index contributed by atoms with van der Waals surface area (Å²) in [5.74, 6) is -0.135. The van der Waals surface area contributed by atoms with E-state index in [-0.39, 0.29) is 11.7 Å². The third-order valence-electron chi connectivity index (χ3n) is 5.52. The van der Waals surface area contributed by atoms with Crippen LogP contribution in [0.2, 0.25) is 0 Å². The van der Waals surface area contributed by atoms with Crippen LogP contribution in [0, 0.1) is 5.92 Å². The zero-order valence-electron chi connectivity index (χ0n) is 15.4. The predicted octanol–water partition coefficient (Wildman–Crippen LogP) is 3.02. The summed E-state index contributed by atoms with van der Waals surface area (Å²) in [7, 11) is 1.89. The molecule has 1 fully saturated rings. The number of Topliss-reactive ketones (excluding diaryl/α,β-unsaturated/α-hetero) is 1. The van der Waals surface area contributed by atoms with Crippen LogP contribution in [0.1, 0.15) is 49.9 Å². The van der Waals surface area contributed by atoms with Gasteiger partial charge in [0.05, 0.1) is 0 Å². The molecule has 4 heteroatoms. The van der Waals surface area contributed by atoms with E-state index in [0.29, 0.717) is 12.1 Å². The van der Waals surface area contributed by atoms with Gasteiger partial charge < -0.3 is 10.0 Å². The van der Waals surface area contributed by atoms with Crippen molar-refractivity contribution in [3.63, 3.8) is 0 Å². The van der Waals surface area contributed by atoms with Crippen molar-refractivity contribution in [1.82, 2.24) is 9.80 Å². The maximum absolute atomic E-state index is 13.2. The summed E-state index contributed by atoms with van der Waals surface area (Å²) in [5.41, 5.74) is -0.799. The zero-order chi connectivity index (χ0) is 17.6. The van der Waals surface area contributed by atoms with E-state index in [0.717, 1.165) is 45.3 Å². The van der Waals surface area contributed by atoms with Crippen molar-refractivity contribution in [1.29, 1.82) is 0 Å². The second kappa shape index (κ2) is 8.75. The molecule has 1 atom stereocenters. The minimum atomic E-state index is -1.40. The lowest BCUT2D eigenvalue weighted by molar-refractivity contribution is -0.103.